The summed E-state index contributed by atoms with van der Waals surface area (Å²) in [5.74, 6) is 0. The number of aromatic nitrogens is 2. The van der Waals surface area contributed by atoms with Crippen molar-refractivity contribution in [1.82, 2.24) is 9.13 Å². The van der Waals surface area contributed by atoms with E-state index in [0.717, 1.165) is 0 Å². The minimum atomic E-state index is -5.34. The average Bonchev–Trinajstić information content (AvgIpc) is 3.69. The lowest BCUT2D eigenvalue weighted by atomic mass is 9.89. The van der Waals surface area contributed by atoms with Crippen molar-refractivity contribution in [2.24, 2.45) is 0 Å². The lowest BCUT2D eigenvalue weighted by Crippen LogP contribution is -2.16. The Bertz CT molecular complexity index is 2890. The van der Waals surface area contributed by atoms with Crippen molar-refractivity contribution in [2.75, 3.05) is 0 Å². The van der Waals surface area contributed by atoms with Crippen LogP contribution in [0.2, 0.25) is 0 Å². The Kier molecular flexibility index (Phi) is 7.83. The molecule has 0 saturated carbocycles. The van der Waals surface area contributed by atoms with E-state index in [1.807, 2.05) is 30.3 Å². The van der Waals surface area contributed by atoms with Crippen molar-refractivity contribution in [1.29, 1.82) is 26.3 Å². The normalized spacial score (nSPS) is 11.7. The molecule has 0 aliphatic rings. The van der Waals surface area contributed by atoms with Crippen LogP contribution in [0.1, 0.15) is 38.9 Å². The maximum absolute atomic E-state index is 15.2. The lowest BCUT2D eigenvalue weighted by Gasteiger charge is -2.25. The van der Waals surface area contributed by atoms with E-state index < -0.39 is 34.6 Å². The zero-order valence-corrected chi connectivity index (χ0v) is 28.2. The molecular formula is C43H17F6N7. The second-order valence-electron chi connectivity index (χ2n) is 12.8. The average molecular weight is 746 g/mol. The smallest absolute Gasteiger partial charge is 0.308 e. The molecule has 13 heteroatoms. The fraction of sp³-hybridized carbons (Fsp3) is 0.0465. The van der Waals surface area contributed by atoms with Crippen LogP contribution in [0.3, 0.4) is 0 Å². The molecule has 0 bridgehead atoms. The third kappa shape index (κ3) is 5.33. The molecule has 0 fully saturated rings. The van der Waals surface area contributed by atoms with E-state index in [0.29, 0.717) is 39.7 Å². The van der Waals surface area contributed by atoms with Crippen LogP contribution in [0, 0.1) is 56.7 Å². The van der Waals surface area contributed by atoms with Crippen LogP contribution in [-0.4, -0.2) is 9.13 Å². The van der Waals surface area contributed by atoms with Crippen molar-refractivity contribution in [3.8, 4) is 52.8 Å². The number of halogens is 6. The molecular weight excluding hydrogens is 729 g/mol. The molecule has 0 unspecified atom stereocenters. The number of nitriles is 5. The highest BCUT2D eigenvalue weighted by molar-refractivity contribution is 6.13. The van der Waals surface area contributed by atoms with Gasteiger partial charge in [-0.2, -0.15) is 52.7 Å². The molecule has 56 heavy (non-hydrogen) atoms. The Morgan fingerprint density at radius 3 is 0.946 bits per heavy atom. The molecule has 0 N–H and O–H groups in total. The monoisotopic (exact) mass is 745 g/mol. The van der Waals surface area contributed by atoms with Gasteiger partial charge in [-0.1, -0.05) is 30.3 Å². The summed E-state index contributed by atoms with van der Waals surface area (Å²) in [7, 11) is 0. The summed E-state index contributed by atoms with van der Waals surface area (Å²) in [5.41, 5.74) is -4.72. The molecule has 0 saturated heterocycles. The summed E-state index contributed by atoms with van der Waals surface area (Å²) in [5, 5.41) is 51.9. The Balaban J connectivity index is 1.72. The highest BCUT2D eigenvalue weighted by Crippen LogP contribution is 2.50. The molecule has 8 aromatic rings. The van der Waals surface area contributed by atoms with Crippen LogP contribution >= 0.6 is 0 Å². The second-order valence-corrected chi connectivity index (χ2v) is 12.8. The fourth-order valence-corrected chi connectivity index (χ4v) is 7.41. The van der Waals surface area contributed by atoms with Gasteiger partial charge in [-0.3, -0.25) is 0 Å². The molecule has 0 aliphatic heterocycles. The number of hydrogen-bond acceptors (Lipinski definition) is 5. The van der Waals surface area contributed by atoms with Crippen molar-refractivity contribution < 1.29 is 26.3 Å². The van der Waals surface area contributed by atoms with E-state index in [4.69, 9.17) is 0 Å². The number of rotatable bonds is 3. The Morgan fingerprint density at radius 1 is 0.375 bits per heavy atom. The van der Waals surface area contributed by atoms with Gasteiger partial charge in [-0.05, 0) is 72.8 Å². The van der Waals surface area contributed by atoms with Gasteiger partial charge in [0.05, 0.1) is 103 Å². The lowest BCUT2D eigenvalue weighted by molar-refractivity contribution is -0.142. The number of nitrogens with zero attached hydrogens (tertiary/aromatic N) is 7. The SMILES string of the molecule is N#Cc1cc(-n2c3cc(C#N)ccc3c3ccc(C#N)cc32)c(-c2c(C(F)(F)F)cccc2C(F)(F)F)c(-n2c3cc(C#N)ccc3c3ccc(C#N)cc32)c1. The Hall–Kier alpha value is -8.05. The molecule has 266 valence electrons. The van der Waals surface area contributed by atoms with Crippen molar-refractivity contribution in [3.63, 3.8) is 0 Å². The standard InChI is InChI=1S/C43H17F6N7/c44-42(45,46)32-2-1-3-33(43(47,48)49)40(32)41-38(55-34-12-23(18-50)4-8-28(34)29-9-5-24(19-51)13-35(29)55)16-27(22-54)17-39(41)56-36-14-25(20-52)6-10-30(36)31-11-7-26(21-53)15-37(31)56/h1-17H. The van der Waals surface area contributed by atoms with Gasteiger partial charge in [0.25, 0.3) is 0 Å². The Morgan fingerprint density at radius 2 is 0.679 bits per heavy atom. The summed E-state index contributed by atoms with van der Waals surface area (Å²) in [6, 6.07) is 32.1. The van der Waals surface area contributed by atoms with Crippen LogP contribution in [0.5, 0.6) is 0 Å². The van der Waals surface area contributed by atoms with Crippen molar-refractivity contribution in [2.45, 2.75) is 12.4 Å². The summed E-state index contributed by atoms with van der Waals surface area (Å²) >= 11 is 0. The van der Waals surface area contributed by atoms with Gasteiger partial charge < -0.3 is 9.13 Å². The van der Waals surface area contributed by atoms with Gasteiger partial charge in [0, 0.05) is 32.7 Å². The molecule has 7 nitrogen and oxygen atoms in total. The molecule has 2 aromatic heterocycles. The van der Waals surface area contributed by atoms with Crippen LogP contribution in [-0.2, 0) is 12.4 Å². The number of alkyl halides is 6. The number of fused-ring (bicyclic) bond motifs is 6. The van der Waals surface area contributed by atoms with Gasteiger partial charge in [0.2, 0.25) is 0 Å². The quantitative estimate of drug-likeness (QED) is 0.166. The van der Waals surface area contributed by atoms with Gasteiger partial charge in [-0.25, -0.2) is 0 Å². The predicted octanol–water partition coefficient (Wildman–Crippen LogP) is 10.9. The molecule has 2 heterocycles. The molecule has 0 aliphatic carbocycles. The van der Waals surface area contributed by atoms with Gasteiger partial charge in [0.15, 0.2) is 0 Å². The largest absolute Gasteiger partial charge is 0.417 e. The zero-order valence-electron chi connectivity index (χ0n) is 28.2. The van der Waals surface area contributed by atoms with Crippen molar-refractivity contribution in [3.05, 3.63) is 142 Å². The minimum absolute atomic E-state index is 0.113. The van der Waals surface area contributed by atoms with Crippen molar-refractivity contribution >= 4 is 43.6 Å². The van der Waals surface area contributed by atoms with E-state index in [2.05, 4.69) is 0 Å². The summed E-state index contributed by atoms with van der Waals surface area (Å²) in [4.78, 5) is 0. The van der Waals surface area contributed by atoms with E-state index in [9.17, 15) is 26.3 Å². The summed E-state index contributed by atoms with van der Waals surface area (Å²) < 4.78 is 94.1. The number of hydrogen-bond donors (Lipinski definition) is 0. The highest BCUT2D eigenvalue weighted by Gasteiger charge is 2.43. The first-order chi connectivity index (χ1) is 26.8. The van der Waals surface area contributed by atoms with E-state index >= 15 is 26.3 Å². The molecule has 0 radical (unpaired) electrons. The fourth-order valence-electron chi connectivity index (χ4n) is 7.41. The first-order valence-corrected chi connectivity index (χ1v) is 16.4. The first kappa shape index (κ1) is 35.0. The van der Waals surface area contributed by atoms with Crippen LogP contribution in [0.25, 0.3) is 66.1 Å². The summed E-state index contributed by atoms with van der Waals surface area (Å²) in [6.07, 6.45) is -10.7. The van der Waals surface area contributed by atoms with Crippen LogP contribution in [0.4, 0.5) is 26.3 Å². The molecule has 0 amide bonds. The third-order valence-electron chi connectivity index (χ3n) is 9.68. The number of benzene rings is 6. The minimum Gasteiger partial charge on any atom is -0.308 e. The maximum Gasteiger partial charge on any atom is 0.417 e. The summed E-state index contributed by atoms with van der Waals surface area (Å²) in [6.45, 7) is 0. The predicted molar refractivity (Wildman–Crippen MR) is 194 cm³/mol. The van der Waals surface area contributed by atoms with Crippen LogP contribution < -0.4 is 0 Å². The Labute approximate surface area is 312 Å². The maximum atomic E-state index is 15.2. The topological polar surface area (TPSA) is 129 Å². The highest BCUT2D eigenvalue weighted by atomic mass is 19.4. The molecule has 0 atom stereocenters. The van der Waals surface area contributed by atoms with E-state index in [1.54, 1.807) is 24.3 Å². The third-order valence-corrected chi connectivity index (χ3v) is 9.68. The first-order valence-electron chi connectivity index (χ1n) is 16.4. The molecule has 8 rings (SSSR count). The van der Waals surface area contributed by atoms with Crippen LogP contribution in [0.15, 0.2) is 103 Å². The zero-order chi connectivity index (χ0) is 39.7. The van der Waals surface area contributed by atoms with Gasteiger partial charge in [-0.15, -0.1) is 0 Å². The van der Waals surface area contributed by atoms with E-state index in [-0.39, 0.29) is 61.3 Å². The second kappa shape index (κ2) is 12.5. The molecule has 6 aromatic carbocycles. The van der Waals surface area contributed by atoms with Gasteiger partial charge >= 0.3 is 12.4 Å². The molecule has 0 spiro atoms. The van der Waals surface area contributed by atoms with Gasteiger partial charge in [0.1, 0.15) is 0 Å². The van der Waals surface area contributed by atoms with E-state index in [1.165, 1.54) is 69.8 Å².